The molecule has 0 radical (unpaired) electrons. The molecule has 0 saturated heterocycles. The van der Waals surface area contributed by atoms with Gasteiger partial charge in [-0.3, -0.25) is 5.10 Å². The highest BCUT2D eigenvalue weighted by atomic mass is 32.1. The normalized spacial score (nSPS) is 10.7. The summed E-state index contributed by atoms with van der Waals surface area (Å²) in [6.07, 6.45) is 0.691. The van der Waals surface area contributed by atoms with Gasteiger partial charge in [0.05, 0.1) is 23.4 Å². The average molecular weight is 328 g/mol. The highest BCUT2D eigenvalue weighted by Crippen LogP contribution is 2.16. The number of aromatic nitrogens is 4. The van der Waals surface area contributed by atoms with Crippen LogP contribution in [0.4, 0.5) is 0 Å². The summed E-state index contributed by atoms with van der Waals surface area (Å²) in [5.41, 5.74) is 4.17. The molecule has 0 aliphatic carbocycles. The molecule has 0 unspecified atom stereocenters. The molecule has 0 spiro atoms. The number of ether oxygens (including phenoxy) is 1. The maximum absolute atomic E-state index is 12.0. The molecule has 3 aromatic rings. The van der Waals surface area contributed by atoms with Crippen LogP contribution in [0, 0.1) is 13.8 Å². The Bertz CT molecular complexity index is 808. The van der Waals surface area contributed by atoms with Crippen LogP contribution in [0.3, 0.4) is 0 Å². The first-order valence-electron chi connectivity index (χ1n) is 7.19. The number of aryl methyl sites for hydroxylation is 2. The maximum Gasteiger partial charge on any atom is 0.338 e. The van der Waals surface area contributed by atoms with Crippen molar-refractivity contribution in [3.63, 3.8) is 0 Å². The number of rotatable bonds is 5. The Morgan fingerprint density at radius 1 is 1.26 bits per heavy atom. The molecule has 0 atom stereocenters. The molecule has 6 nitrogen and oxygen atoms in total. The Kier molecular flexibility index (Phi) is 4.47. The van der Waals surface area contributed by atoms with Crippen LogP contribution in [0.5, 0.6) is 0 Å². The van der Waals surface area contributed by atoms with E-state index >= 15 is 0 Å². The third-order valence-electron chi connectivity index (χ3n) is 3.38. The van der Waals surface area contributed by atoms with Gasteiger partial charge < -0.3 is 4.74 Å². The van der Waals surface area contributed by atoms with Gasteiger partial charge in [-0.15, -0.1) is 11.3 Å². The number of H-pyrrole nitrogens is 1. The van der Waals surface area contributed by atoms with E-state index in [4.69, 9.17) is 4.74 Å². The molecule has 0 amide bonds. The van der Waals surface area contributed by atoms with Gasteiger partial charge in [-0.1, -0.05) is 12.1 Å². The summed E-state index contributed by atoms with van der Waals surface area (Å²) >= 11 is 1.58. The van der Waals surface area contributed by atoms with E-state index in [-0.39, 0.29) is 5.97 Å². The lowest BCUT2D eigenvalue weighted by Crippen LogP contribution is -2.08. The quantitative estimate of drug-likeness (QED) is 0.728. The summed E-state index contributed by atoms with van der Waals surface area (Å²) in [4.78, 5) is 21.6. The van der Waals surface area contributed by atoms with Gasteiger partial charge in [-0.05, 0) is 26.0 Å². The first kappa shape index (κ1) is 15.4. The summed E-state index contributed by atoms with van der Waals surface area (Å²) < 4.78 is 5.31. The average Bonchev–Trinajstić information content (AvgIpc) is 3.16. The van der Waals surface area contributed by atoms with Crippen LogP contribution in [0.1, 0.15) is 26.8 Å². The topological polar surface area (TPSA) is 80.8 Å². The van der Waals surface area contributed by atoms with Crippen molar-refractivity contribution in [2.45, 2.75) is 20.3 Å². The zero-order valence-electron chi connectivity index (χ0n) is 12.9. The number of aromatic amines is 1. The summed E-state index contributed by atoms with van der Waals surface area (Å²) in [5, 5.41) is 6.88. The highest BCUT2D eigenvalue weighted by molar-refractivity contribution is 7.09. The molecule has 7 heteroatoms. The Hall–Kier alpha value is -2.54. The minimum atomic E-state index is -0.329. The van der Waals surface area contributed by atoms with Crippen molar-refractivity contribution in [2.24, 2.45) is 0 Å². The number of thiazole rings is 1. The number of hydrogen-bond acceptors (Lipinski definition) is 6. The van der Waals surface area contributed by atoms with E-state index in [1.807, 2.05) is 26.0 Å². The van der Waals surface area contributed by atoms with Crippen molar-refractivity contribution >= 4 is 17.3 Å². The second-order valence-electron chi connectivity index (χ2n) is 5.07. The minimum Gasteiger partial charge on any atom is -0.462 e. The number of benzene rings is 1. The van der Waals surface area contributed by atoms with E-state index in [1.165, 1.54) is 0 Å². The van der Waals surface area contributed by atoms with Crippen LogP contribution in [-0.2, 0) is 11.2 Å². The van der Waals surface area contributed by atoms with Gasteiger partial charge in [0.2, 0.25) is 0 Å². The molecule has 118 valence electrons. The van der Waals surface area contributed by atoms with Crippen molar-refractivity contribution in [1.29, 1.82) is 0 Å². The minimum absolute atomic E-state index is 0.329. The third kappa shape index (κ3) is 3.62. The van der Waals surface area contributed by atoms with Crippen LogP contribution in [0.15, 0.2) is 29.8 Å². The second kappa shape index (κ2) is 6.70. The van der Waals surface area contributed by atoms with Crippen LogP contribution < -0.4 is 0 Å². The molecular formula is C16H16N4O2S. The lowest BCUT2D eigenvalue weighted by atomic mass is 10.1. The predicted octanol–water partition coefficient (Wildman–Crippen LogP) is 2.94. The second-order valence-corrected chi connectivity index (χ2v) is 6.01. The van der Waals surface area contributed by atoms with Crippen molar-refractivity contribution in [3.05, 3.63) is 51.7 Å². The number of nitrogens with one attached hydrogen (secondary N) is 1. The smallest absolute Gasteiger partial charge is 0.338 e. The molecule has 23 heavy (non-hydrogen) atoms. The van der Waals surface area contributed by atoms with Gasteiger partial charge in [-0.25, -0.2) is 14.8 Å². The zero-order valence-corrected chi connectivity index (χ0v) is 13.7. The van der Waals surface area contributed by atoms with Crippen molar-refractivity contribution < 1.29 is 9.53 Å². The van der Waals surface area contributed by atoms with E-state index in [0.29, 0.717) is 24.4 Å². The standard InChI is InChI=1S/C16H16N4O2S/c1-10-14(23-9-17-10)7-8-22-16(21)13-5-3-12(4-6-13)15-18-11(2)19-20-15/h3-6,9H,7-8H2,1-2H3,(H,18,19,20). The summed E-state index contributed by atoms with van der Waals surface area (Å²) in [6, 6.07) is 7.07. The largest absolute Gasteiger partial charge is 0.462 e. The molecule has 0 fully saturated rings. The third-order valence-corrected chi connectivity index (χ3v) is 4.38. The van der Waals surface area contributed by atoms with Crippen molar-refractivity contribution in [2.75, 3.05) is 6.61 Å². The molecule has 0 saturated carbocycles. The van der Waals surface area contributed by atoms with Gasteiger partial charge in [0.25, 0.3) is 0 Å². The van der Waals surface area contributed by atoms with E-state index < -0.39 is 0 Å². The van der Waals surface area contributed by atoms with Crippen LogP contribution in [-0.4, -0.2) is 32.7 Å². The fraction of sp³-hybridized carbons (Fsp3) is 0.250. The lowest BCUT2D eigenvalue weighted by molar-refractivity contribution is 0.0510. The summed E-state index contributed by atoms with van der Waals surface area (Å²) in [5.74, 6) is 1.04. The zero-order chi connectivity index (χ0) is 16.2. The van der Waals surface area contributed by atoms with E-state index in [0.717, 1.165) is 22.0 Å². The van der Waals surface area contributed by atoms with E-state index in [1.54, 1.807) is 29.0 Å². The van der Waals surface area contributed by atoms with Crippen LogP contribution >= 0.6 is 11.3 Å². The molecule has 0 aliphatic rings. The molecule has 1 aromatic carbocycles. The number of carbonyl (C=O) groups excluding carboxylic acids is 1. The lowest BCUT2D eigenvalue weighted by Gasteiger charge is -2.05. The Labute approximate surface area is 137 Å². The first-order valence-corrected chi connectivity index (χ1v) is 8.07. The van der Waals surface area contributed by atoms with Crippen molar-refractivity contribution in [1.82, 2.24) is 20.2 Å². The first-order chi connectivity index (χ1) is 11.1. The van der Waals surface area contributed by atoms with Crippen LogP contribution in [0.25, 0.3) is 11.4 Å². The molecule has 2 aromatic heterocycles. The van der Waals surface area contributed by atoms with Gasteiger partial charge in [-0.2, -0.15) is 5.10 Å². The Balaban J connectivity index is 1.58. The number of hydrogen-bond donors (Lipinski definition) is 1. The fourth-order valence-electron chi connectivity index (χ4n) is 2.11. The number of esters is 1. The van der Waals surface area contributed by atoms with Gasteiger partial charge >= 0.3 is 5.97 Å². The monoisotopic (exact) mass is 328 g/mol. The molecule has 1 N–H and O–H groups in total. The van der Waals surface area contributed by atoms with E-state index in [9.17, 15) is 4.79 Å². The van der Waals surface area contributed by atoms with Gasteiger partial charge in [0, 0.05) is 16.9 Å². The fourth-order valence-corrected chi connectivity index (χ4v) is 2.88. The maximum atomic E-state index is 12.0. The van der Waals surface area contributed by atoms with E-state index in [2.05, 4.69) is 20.2 Å². The van der Waals surface area contributed by atoms with Gasteiger partial charge in [0.15, 0.2) is 5.82 Å². The van der Waals surface area contributed by atoms with Crippen molar-refractivity contribution in [3.8, 4) is 11.4 Å². The van der Waals surface area contributed by atoms with Gasteiger partial charge in [0.1, 0.15) is 5.82 Å². The summed E-state index contributed by atoms with van der Waals surface area (Å²) in [7, 11) is 0. The SMILES string of the molecule is Cc1nc(-c2ccc(C(=O)OCCc3scnc3C)cc2)n[nH]1. The highest BCUT2D eigenvalue weighted by Gasteiger charge is 2.10. The predicted molar refractivity (Wildman–Crippen MR) is 87.4 cm³/mol. The number of carbonyl (C=O) groups is 1. The number of nitrogens with zero attached hydrogens (tertiary/aromatic N) is 3. The molecular weight excluding hydrogens is 312 g/mol. The molecule has 2 heterocycles. The van der Waals surface area contributed by atoms with Crippen LogP contribution in [0.2, 0.25) is 0 Å². The molecule has 3 rings (SSSR count). The Morgan fingerprint density at radius 2 is 2.04 bits per heavy atom. The molecule has 0 bridgehead atoms. The molecule has 0 aliphatic heterocycles. The summed E-state index contributed by atoms with van der Waals surface area (Å²) in [6.45, 7) is 4.15. The Morgan fingerprint density at radius 3 is 2.65 bits per heavy atom.